The van der Waals surface area contributed by atoms with Gasteiger partial charge in [-0.2, -0.15) is 18.7 Å². The van der Waals surface area contributed by atoms with E-state index in [0.29, 0.717) is 17.1 Å². The first-order valence-corrected chi connectivity index (χ1v) is 9.14. The number of amides is 1. The minimum absolute atomic E-state index is 0.00855. The SMILES string of the molecule is O=C(NOC(=O)C(F)(F)F)c1ccc(-c2cncc(Nc3ccc4[nH]ccc4c3)n2)cc1. The number of halogens is 3. The van der Waals surface area contributed by atoms with Crippen LogP contribution in [-0.2, 0) is 9.63 Å². The van der Waals surface area contributed by atoms with E-state index in [-0.39, 0.29) is 5.56 Å². The molecule has 0 radical (unpaired) electrons. The van der Waals surface area contributed by atoms with Crippen molar-refractivity contribution in [2.45, 2.75) is 6.18 Å². The number of hydrogen-bond acceptors (Lipinski definition) is 6. The summed E-state index contributed by atoms with van der Waals surface area (Å²) < 4.78 is 36.4. The van der Waals surface area contributed by atoms with Gasteiger partial charge in [0.25, 0.3) is 5.91 Å². The lowest BCUT2D eigenvalue weighted by molar-refractivity contribution is -0.204. The van der Waals surface area contributed by atoms with Gasteiger partial charge in [0, 0.05) is 33.9 Å². The van der Waals surface area contributed by atoms with Crippen molar-refractivity contribution in [1.82, 2.24) is 20.4 Å². The van der Waals surface area contributed by atoms with Crippen molar-refractivity contribution in [2.24, 2.45) is 0 Å². The van der Waals surface area contributed by atoms with E-state index in [1.165, 1.54) is 23.8 Å². The molecule has 4 rings (SSSR count). The normalized spacial score (nSPS) is 11.2. The van der Waals surface area contributed by atoms with Crippen molar-refractivity contribution in [1.29, 1.82) is 0 Å². The zero-order chi connectivity index (χ0) is 22.7. The molecule has 1 amide bonds. The van der Waals surface area contributed by atoms with Gasteiger partial charge < -0.3 is 15.1 Å². The molecule has 0 atom stereocenters. The van der Waals surface area contributed by atoms with Crippen LogP contribution in [0.5, 0.6) is 0 Å². The number of alkyl halides is 3. The highest BCUT2D eigenvalue weighted by atomic mass is 19.4. The van der Waals surface area contributed by atoms with E-state index < -0.39 is 18.1 Å². The minimum Gasteiger partial charge on any atom is -0.361 e. The number of nitrogens with zero attached hydrogens (tertiary/aromatic N) is 2. The molecule has 0 aliphatic heterocycles. The Morgan fingerprint density at radius 3 is 2.53 bits per heavy atom. The smallest absolute Gasteiger partial charge is 0.361 e. The topological polar surface area (TPSA) is 109 Å². The van der Waals surface area contributed by atoms with Crippen LogP contribution in [0.25, 0.3) is 22.2 Å². The molecule has 2 aromatic heterocycles. The third kappa shape index (κ3) is 4.67. The zero-order valence-electron chi connectivity index (χ0n) is 16.1. The predicted octanol–water partition coefficient (Wildman–Crippen LogP) is 4.12. The summed E-state index contributed by atoms with van der Waals surface area (Å²) in [5.41, 5.74) is 4.41. The van der Waals surface area contributed by atoms with Crippen LogP contribution in [0, 0.1) is 0 Å². The highest BCUT2D eigenvalue weighted by molar-refractivity contribution is 5.94. The van der Waals surface area contributed by atoms with Gasteiger partial charge in [0.2, 0.25) is 0 Å². The number of anilines is 2. The van der Waals surface area contributed by atoms with Crippen LogP contribution in [0.3, 0.4) is 0 Å². The van der Waals surface area contributed by atoms with Gasteiger partial charge in [-0.3, -0.25) is 9.78 Å². The lowest BCUT2D eigenvalue weighted by atomic mass is 10.1. The van der Waals surface area contributed by atoms with Crippen molar-refractivity contribution in [3.8, 4) is 11.3 Å². The first-order valence-electron chi connectivity index (χ1n) is 9.14. The number of aromatic amines is 1. The van der Waals surface area contributed by atoms with Gasteiger partial charge in [-0.15, -0.1) is 0 Å². The van der Waals surface area contributed by atoms with E-state index in [1.54, 1.807) is 18.3 Å². The molecule has 32 heavy (non-hydrogen) atoms. The van der Waals surface area contributed by atoms with Crippen molar-refractivity contribution in [2.75, 3.05) is 5.32 Å². The summed E-state index contributed by atoms with van der Waals surface area (Å²) in [5.74, 6) is -3.02. The van der Waals surface area contributed by atoms with Crippen LogP contribution in [0.1, 0.15) is 10.4 Å². The summed E-state index contributed by atoms with van der Waals surface area (Å²) in [6, 6.07) is 13.5. The molecule has 0 bridgehead atoms. The Morgan fingerprint density at radius 2 is 1.78 bits per heavy atom. The molecular weight excluding hydrogens is 427 g/mol. The van der Waals surface area contributed by atoms with E-state index in [1.807, 2.05) is 30.5 Å². The van der Waals surface area contributed by atoms with Gasteiger partial charge in [0.05, 0.1) is 18.1 Å². The van der Waals surface area contributed by atoms with Gasteiger partial charge in [-0.25, -0.2) is 9.78 Å². The quantitative estimate of drug-likeness (QED) is 0.411. The summed E-state index contributed by atoms with van der Waals surface area (Å²) in [4.78, 5) is 38.0. The van der Waals surface area contributed by atoms with Crippen LogP contribution < -0.4 is 10.8 Å². The second kappa shape index (κ2) is 8.38. The molecule has 4 aromatic rings. The molecule has 8 nitrogen and oxygen atoms in total. The second-order valence-electron chi connectivity index (χ2n) is 6.59. The van der Waals surface area contributed by atoms with Crippen LogP contribution in [0.4, 0.5) is 24.7 Å². The summed E-state index contributed by atoms with van der Waals surface area (Å²) in [6.07, 6.45) is -0.274. The Labute approximate surface area is 178 Å². The van der Waals surface area contributed by atoms with E-state index in [4.69, 9.17) is 0 Å². The molecule has 11 heteroatoms. The molecule has 2 heterocycles. The number of carbonyl (C=O) groups excluding carboxylic acids is 2. The Kier molecular flexibility index (Phi) is 5.46. The van der Waals surface area contributed by atoms with E-state index in [2.05, 4.69) is 25.1 Å². The second-order valence-corrected chi connectivity index (χ2v) is 6.59. The molecule has 2 aromatic carbocycles. The molecular formula is C21H14F3N5O3. The third-order valence-electron chi connectivity index (χ3n) is 4.37. The molecule has 0 fully saturated rings. The Balaban J connectivity index is 1.44. The van der Waals surface area contributed by atoms with Gasteiger partial charge in [0.15, 0.2) is 0 Å². The fraction of sp³-hybridized carbons (Fsp3) is 0.0476. The molecule has 0 aliphatic rings. The standard InChI is InChI=1S/C21H14F3N5O3/c22-21(23,24)20(31)32-29-19(30)13-3-1-12(2-4-13)17-10-25-11-18(28-17)27-15-5-6-16-14(9-15)7-8-26-16/h1-11,26H,(H,27,28)(H,29,30). The summed E-state index contributed by atoms with van der Waals surface area (Å²) in [7, 11) is 0. The highest BCUT2D eigenvalue weighted by Gasteiger charge is 2.42. The van der Waals surface area contributed by atoms with Crippen LogP contribution >= 0.6 is 0 Å². The molecule has 0 unspecified atom stereocenters. The van der Waals surface area contributed by atoms with Crippen LogP contribution in [0.15, 0.2) is 67.1 Å². The number of fused-ring (bicyclic) bond motifs is 1. The van der Waals surface area contributed by atoms with Gasteiger partial charge in [-0.1, -0.05) is 12.1 Å². The average Bonchev–Trinajstić information content (AvgIpc) is 3.25. The van der Waals surface area contributed by atoms with Crippen molar-refractivity contribution in [3.05, 3.63) is 72.7 Å². The maximum atomic E-state index is 12.1. The van der Waals surface area contributed by atoms with E-state index >= 15 is 0 Å². The molecule has 0 aliphatic carbocycles. The number of aromatic nitrogens is 3. The molecule has 0 saturated carbocycles. The average molecular weight is 441 g/mol. The lowest BCUT2D eigenvalue weighted by Gasteiger charge is -2.09. The first-order chi connectivity index (χ1) is 15.3. The number of nitrogens with one attached hydrogen (secondary N) is 3. The van der Waals surface area contributed by atoms with E-state index in [9.17, 15) is 22.8 Å². The van der Waals surface area contributed by atoms with Gasteiger partial charge in [0.1, 0.15) is 5.82 Å². The maximum Gasteiger partial charge on any atom is 0.493 e. The Hall–Kier alpha value is -4.41. The zero-order valence-corrected chi connectivity index (χ0v) is 16.1. The van der Waals surface area contributed by atoms with Crippen molar-refractivity contribution in [3.63, 3.8) is 0 Å². The Bertz CT molecular complexity index is 1290. The van der Waals surface area contributed by atoms with Crippen molar-refractivity contribution >= 4 is 34.3 Å². The summed E-state index contributed by atoms with van der Waals surface area (Å²) >= 11 is 0. The minimum atomic E-state index is -5.21. The third-order valence-corrected chi connectivity index (χ3v) is 4.37. The number of H-pyrrole nitrogens is 1. The predicted molar refractivity (Wildman–Crippen MR) is 109 cm³/mol. The van der Waals surface area contributed by atoms with Crippen molar-refractivity contribution < 1.29 is 27.6 Å². The van der Waals surface area contributed by atoms with Gasteiger partial charge >= 0.3 is 12.1 Å². The summed E-state index contributed by atoms with van der Waals surface area (Å²) in [5, 5.41) is 4.21. The largest absolute Gasteiger partial charge is 0.493 e. The first kappa shape index (κ1) is 20.8. The molecule has 0 saturated heterocycles. The number of carbonyl (C=O) groups is 2. The number of benzene rings is 2. The molecule has 0 spiro atoms. The van der Waals surface area contributed by atoms with Gasteiger partial charge in [-0.05, 0) is 36.4 Å². The fourth-order valence-corrected chi connectivity index (χ4v) is 2.85. The molecule has 162 valence electrons. The van der Waals surface area contributed by atoms with Crippen LogP contribution in [0.2, 0.25) is 0 Å². The van der Waals surface area contributed by atoms with Crippen LogP contribution in [-0.4, -0.2) is 33.0 Å². The molecule has 3 N–H and O–H groups in total. The number of hydrogen-bond donors (Lipinski definition) is 3. The highest BCUT2D eigenvalue weighted by Crippen LogP contribution is 2.23. The fourth-order valence-electron chi connectivity index (χ4n) is 2.85. The van der Waals surface area contributed by atoms with E-state index in [0.717, 1.165) is 16.6 Å². The Morgan fingerprint density at radius 1 is 1.00 bits per heavy atom. The number of rotatable bonds is 4. The monoisotopic (exact) mass is 441 g/mol. The maximum absolute atomic E-state index is 12.1. The number of hydroxylamine groups is 1. The summed E-state index contributed by atoms with van der Waals surface area (Å²) in [6.45, 7) is 0. The lowest BCUT2D eigenvalue weighted by Crippen LogP contribution is -2.34.